The molecule has 284 valence electrons. The molecule has 0 radical (unpaired) electrons. The van der Waals surface area contributed by atoms with Crippen LogP contribution in [0.5, 0.6) is 5.75 Å². The number of aliphatic hydroxyl groups excluding tert-OH is 1. The first-order valence-electron chi connectivity index (χ1n) is 16.8. The Hall–Kier alpha value is -3.89. The van der Waals surface area contributed by atoms with Gasteiger partial charge in [0, 0.05) is 49.1 Å². The Bertz CT molecular complexity index is 1780. The van der Waals surface area contributed by atoms with Crippen molar-refractivity contribution in [1.29, 1.82) is 0 Å². The normalized spacial score (nSPS) is 20.0. The maximum Gasteiger partial charge on any atom is 0.416 e. The van der Waals surface area contributed by atoms with Gasteiger partial charge >= 0.3 is 12.2 Å². The molecule has 0 aliphatic carbocycles. The van der Waals surface area contributed by atoms with Crippen molar-refractivity contribution in [1.82, 2.24) is 9.21 Å². The Balaban J connectivity index is 1.60. The third kappa shape index (κ3) is 10.8. The molecular formula is C36H44ClF3N4O7S. The highest BCUT2D eigenvalue weighted by molar-refractivity contribution is 7.89. The van der Waals surface area contributed by atoms with Gasteiger partial charge in [-0.3, -0.25) is 4.79 Å². The summed E-state index contributed by atoms with van der Waals surface area (Å²) in [6.45, 7) is 5.40. The summed E-state index contributed by atoms with van der Waals surface area (Å²) in [5.41, 5.74) is -0.434. The number of urea groups is 1. The van der Waals surface area contributed by atoms with Gasteiger partial charge in [0.15, 0.2) is 0 Å². The van der Waals surface area contributed by atoms with E-state index in [9.17, 15) is 36.3 Å². The molecule has 0 aromatic heterocycles. The number of nitrogens with one attached hydrogen (secondary N) is 2. The molecule has 4 rings (SSSR count). The van der Waals surface area contributed by atoms with Crippen LogP contribution in [0.3, 0.4) is 0 Å². The van der Waals surface area contributed by atoms with Gasteiger partial charge < -0.3 is 30.1 Å². The molecule has 0 bridgehead atoms. The van der Waals surface area contributed by atoms with Gasteiger partial charge in [0.1, 0.15) is 5.75 Å². The molecule has 52 heavy (non-hydrogen) atoms. The number of sulfonamides is 1. The fraction of sp³-hybridized carbons (Fsp3) is 0.444. The molecule has 1 aliphatic heterocycles. The number of carbonyl (C=O) groups is 2. The molecule has 3 aromatic carbocycles. The van der Waals surface area contributed by atoms with E-state index in [1.807, 2.05) is 13.8 Å². The number of fused-ring (bicyclic) bond motifs is 1. The number of nitrogens with zero attached hydrogens (tertiary/aromatic N) is 2. The van der Waals surface area contributed by atoms with Crippen LogP contribution in [-0.2, 0) is 20.9 Å². The summed E-state index contributed by atoms with van der Waals surface area (Å²) >= 11 is 5.97. The van der Waals surface area contributed by atoms with E-state index >= 15 is 0 Å². The standard InChI is InChI=1S/C36H44ClF3N4O7S/c1-23-20-44(24(2)22-45)34(46)31-19-29(42-35(47)41-28-12-8-26(9-13-28)36(38,39)40)14-17-32(31)51-25(3)7-5-6-18-50-33(23)21-43(4)52(48,49)30-15-10-27(37)11-16-30/h8-17,19,23-25,33,45H,5-7,18,20-22H2,1-4H3,(H2,41,42,47)/t23-,24+,25+,33+/m1/s1. The second kappa shape index (κ2) is 17.8. The van der Waals surface area contributed by atoms with E-state index in [0.29, 0.717) is 24.5 Å². The fourth-order valence-electron chi connectivity index (χ4n) is 5.64. The number of carbonyl (C=O) groups excluding carboxylic acids is 2. The number of likely N-dealkylation sites (N-methyl/N-ethyl adjacent to an activating group) is 1. The molecule has 0 fully saturated rings. The number of alkyl halides is 3. The molecular weight excluding hydrogens is 725 g/mol. The van der Waals surface area contributed by atoms with Crippen molar-refractivity contribution in [3.8, 4) is 5.75 Å². The van der Waals surface area contributed by atoms with E-state index in [-0.39, 0.29) is 53.4 Å². The highest BCUT2D eigenvalue weighted by atomic mass is 35.5. The minimum Gasteiger partial charge on any atom is -0.490 e. The molecule has 0 saturated carbocycles. The Labute approximate surface area is 307 Å². The Morgan fingerprint density at radius 2 is 1.67 bits per heavy atom. The number of halogens is 4. The molecule has 0 spiro atoms. The number of anilines is 2. The first-order chi connectivity index (χ1) is 24.5. The van der Waals surface area contributed by atoms with E-state index in [4.69, 9.17) is 21.1 Å². The van der Waals surface area contributed by atoms with E-state index in [0.717, 1.165) is 30.7 Å². The molecule has 3 aromatic rings. The van der Waals surface area contributed by atoms with Crippen molar-refractivity contribution in [2.75, 3.05) is 44.0 Å². The molecule has 0 saturated heterocycles. The summed E-state index contributed by atoms with van der Waals surface area (Å²) in [4.78, 5) is 28.7. The molecule has 0 unspecified atom stereocenters. The summed E-state index contributed by atoms with van der Waals surface area (Å²) in [5.74, 6) is -0.671. The van der Waals surface area contributed by atoms with Crippen molar-refractivity contribution in [2.24, 2.45) is 5.92 Å². The molecule has 1 heterocycles. The van der Waals surface area contributed by atoms with Crippen LogP contribution in [-0.4, -0.2) is 86.3 Å². The first-order valence-corrected chi connectivity index (χ1v) is 18.6. The van der Waals surface area contributed by atoms with Crippen LogP contribution in [0.1, 0.15) is 56.0 Å². The van der Waals surface area contributed by atoms with Gasteiger partial charge in [-0.05, 0) is 99.8 Å². The lowest BCUT2D eigenvalue weighted by Crippen LogP contribution is -2.48. The molecule has 11 nitrogen and oxygen atoms in total. The number of ether oxygens (including phenoxy) is 2. The van der Waals surface area contributed by atoms with Gasteiger partial charge in [0.05, 0.1) is 40.9 Å². The van der Waals surface area contributed by atoms with E-state index in [2.05, 4.69) is 10.6 Å². The van der Waals surface area contributed by atoms with E-state index < -0.39 is 51.8 Å². The molecule has 1 aliphatic rings. The van der Waals surface area contributed by atoms with E-state index in [1.54, 1.807) is 13.0 Å². The van der Waals surface area contributed by atoms with Gasteiger partial charge in [-0.15, -0.1) is 0 Å². The Kier molecular flexibility index (Phi) is 14.0. The summed E-state index contributed by atoms with van der Waals surface area (Å²) in [7, 11) is -2.44. The third-order valence-electron chi connectivity index (χ3n) is 8.74. The monoisotopic (exact) mass is 768 g/mol. The summed E-state index contributed by atoms with van der Waals surface area (Å²) in [6, 6.07) is 12.9. The topological polar surface area (TPSA) is 138 Å². The summed E-state index contributed by atoms with van der Waals surface area (Å²) in [5, 5.41) is 15.7. The molecule has 3 amide bonds. The lowest BCUT2D eigenvalue weighted by atomic mass is 10.0. The minimum atomic E-state index is -4.52. The van der Waals surface area contributed by atoms with Crippen LogP contribution in [0.15, 0.2) is 71.6 Å². The number of rotatable bonds is 8. The number of amides is 3. The quantitative estimate of drug-likeness (QED) is 0.222. The van der Waals surface area contributed by atoms with Crippen LogP contribution >= 0.6 is 11.6 Å². The maximum atomic E-state index is 14.4. The van der Waals surface area contributed by atoms with Gasteiger partial charge in [0.25, 0.3) is 5.91 Å². The van der Waals surface area contributed by atoms with Crippen molar-refractivity contribution >= 4 is 44.9 Å². The lowest BCUT2D eigenvalue weighted by molar-refractivity contribution is -0.137. The van der Waals surface area contributed by atoms with Gasteiger partial charge in [-0.2, -0.15) is 17.5 Å². The average Bonchev–Trinajstić information content (AvgIpc) is 3.09. The lowest BCUT2D eigenvalue weighted by Gasteiger charge is -2.35. The van der Waals surface area contributed by atoms with Crippen LogP contribution in [0.4, 0.5) is 29.3 Å². The van der Waals surface area contributed by atoms with Crippen LogP contribution < -0.4 is 15.4 Å². The summed E-state index contributed by atoms with van der Waals surface area (Å²) in [6.07, 6.45) is -3.46. The Morgan fingerprint density at radius 1 is 1.04 bits per heavy atom. The minimum absolute atomic E-state index is 0.0140. The van der Waals surface area contributed by atoms with Crippen molar-refractivity contribution in [3.05, 3.63) is 82.9 Å². The average molecular weight is 769 g/mol. The molecule has 16 heteroatoms. The SMILES string of the molecule is C[C@@H]1CN([C@@H](C)CO)C(=O)c2cc(NC(=O)Nc3ccc(C(F)(F)F)cc3)ccc2O[C@@H](C)CCCCO[C@H]1CN(C)S(=O)(=O)c1ccc(Cl)cc1. The second-order valence-electron chi connectivity index (χ2n) is 12.9. The number of aliphatic hydroxyl groups is 1. The largest absolute Gasteiger partial charge is 0.490 e. The first kappa shape index (κ1) is 40.9. The number of hydrogen-bond acceptors (Lipinski definition) is 7. The van der Waals surface area contributed by atoms with Crippen molar-refractivity contribution in [3.63, 3.8) is 0 Å². The van der Waals surface area contributed by atoms with Gasteiger partial charge in [0.2, 0.25) is 10.0 Å². The smallest absolute Gasteiger partial charge is 0.416 e. The van der Waals surface area contributed by atoms with Crippen LogP contribution in [0, 0.1) is 5.92 Å². The molecule has 3 N–H and O–H groups in total. The molecule has 4 atom stereocenters. The van der Waals surface area contributed by atoms with Gasteiger partial charge in [-0.1, -0.05) is 18.5 Å². The highest BCUT2D eigenvalue weighted by Crippen LogP contribution is 2.31. The number of hydrogen-bond donors (Lipinski definition) is 3. The highest BCUT2D eigenvalue weighted by Gasteiger charge is 2.33. The predicted octanol–water partition coefficient (Wildman–Crippen LogP) is 7.12. The van der Waals surface area contributed by atoms with Gasteiger partial charge in [-0.25, -0.2) is 13.2 Å². The van der Waals surface area contributed by atoms with Crippen molar-refractivity contribution in [2.45, 2.75) is 69.4 Å². The predicted molar refractivity (Wildman–Crippen MR) is 192 cm³/mol. The fourth-order valence-corrected chi connectivity index (χ4v) is 6.95. The van der Waals surface area contributed by atoms with Crippen LogP contribution in [0.2, 0.25) is 5.02 Å². The van der Waals surface area contributed by atoms with Crippen LogP contribution in [0.25, 0.3) is 0 Å². The van der Waals surface area contributed by atoms with Crippen molar-refractivity contribution < 1.29 is 45.8 Å². The second-order valence-corrected chi connectivity index (χ2v) is 15.4. The zero-order chi connectivity index (χ0) is 38.2. The zero-order valence-electron chi connectivity index (χ0n) is 29.3. The maximum absolute atomic E-state index is 14.4. The third-order valence-corrected chi connectivity index (χ3v) is 10.8. The van der Waals surface area contributed by atoms with E-state index in [1.165, 1.54) is 52.7 Å². The zero-order valence-corrected chi connectivity index (χ0v) is 30.9. The number of benzene rings is 3. The Morgan fingerprint density at radius 3 is 2.31 bits per heavy atom. The summed E-state index contributed by atoms with van der Waals surface area (Å²) < 4.78 is 79.4.